The Morgan fingerprint density at radius 2 is 1.95 bits per heavy atom. The van der Waals surface area contributed by atoms with E-state index in [9.17, 15) is 4.39 Å². The highest BCUT2D eigenvalue weighted by Gasteiger charge is 2.09. The summed E-state index contributed by atoms with van der Waals surface area (Å²) in [6.07, 6.45) is 0. The van der Waals surface area contributed by atoms with Crippen molar-refractivity contribution in [3.05, 3.63) is 33.3 Å². The highest BCUT2D eigenvalue weighted by molar-refractivity contribution is 9.10. The standard InChI is InChI=1S/C12H12BrClFN5/c1-3-16-11-18-10(14)19-12(20-11)17-9-5-8(15)7(13)4-6(9)2/h4-5H,3H2,1-2H3,(H2,16,17,18,19,20). The van der Waals surface area contributed by atoms with Crippen molar-refractivity contribution in [3.8, 4) is 0 Å². The van der Waals surface area contributed by atoms with E-state index in [-0.39, 0.29) is 17.0 Å². The summed E-state index contributed by atoms with van der Waals surface area (Å²) in [6, 6.07) is 3.04. The summed E-state index contributed by atoms with van der Waals surface area (Å²) < 4.78 is 14.0. The summed E-state index contributed by atoms with van der Waals surface area (Å²) in [6.45, 7) is 4.42. The Morgan fingerprint density at radius 3 is 2.65 bits per heavy atom. The van der Waals surface area contributed by atoms with Crippen LogP contribution in [0.3, 0.4) is 0 Å². The molecule has 2 N–H and O–H groups in total. The first-order chi connectivity index (χ1) is 9.49. The van der Waals surface area contributed by atoms with Gasteiger partial charge in [-0.25, -0.2) is 4.39 Å². The minimum Gasteiger partial charge on any atom is -0.354 e. The Hall–Kier alpha value is -1.47. The molecule has 0 fully saturated rings. The maximum Gasteiger partial charge on any atom is 0.233 e. The molecule has 5 nitrogen and oxygen atoms in total. The van der Waals surface area contributed by atoms with Crippen molar-refractivity contribution in [1.82, 2.24) is 15.0 Å². The largest absolute Gasteiger partial charge is 0.354 e. The fourth-order valence-electron chi connectivity index (χ4n) is 1.54. The van der Waals surface area contributed by atoms with Crippen molar-refractivity contribution in [3.63, 3.8) is 0 Å². The van der Waals surface area contributed by atoms with Crippen LogP contribution in [0.1, 0.15) is 12.5 Å². The minimum absolute atomic E-state index is 0.0636. The van der Waals surface area contributed by atoms with Gasteiger partial charge in [-0.15, -0.1) is 0 Å². The summed E-state index contributed by atoms with van der Waals surface area (Å²) in [4.78, 5) is 12.0. The quantitative estimate of drug-likeness (QED) is 0.865. The van der Waals surface area contributed by atoms with Gasteiger partial charge >= 0.3 is 0 Å². The number of aromatic nitrogens is 3. The van der Waals surface area contributed by atoms with Crippen molar-refractivity contribution < 1.29 is 4.39 Å². The molecule has 2 rings (SSSR count). The Kier molecular flexibility index (Phi) is 4.72. The highest BCUT2D eigenvalue weighted by atomic mass is 79.9. The van der Waals surface area contributed by atoms with Gasteiger partial charge in [0, 0.05) is 12.2 Å². The molecule has 20 heavy (non-hydrogen) atoms. The third kappa shape index (κ3) is 3.55. The summed E-state index contributed by atoms with van der Waals surface area (Å²) in [5, 5.41) is 5.94. The number of nitrogens with zero attached hydrogens (tertiary/aromatic N) is 3. The lowest BCUT2D eigenvalue weighted by molar-refractivity contribution is 0.621. The zero-order valence-corrected chi connectivity index (χ0v) is 13.2. The molecule has 106 valence electrons. The number of rotatable bonds is 4. The number of anilines is 3. The molecule has 0 aliphatic rings. The predicted molar refractivity (Wildman–Crippen MR) is 81.1 cm³/mol. The fraction of sp³-hybridized carbons (Fsp3) is 0.250. The van der Waals surface area contributed by atoms with E-state index in [2.05, 4.69) is 41.5 Å². The molecule has 0 amide bonds. The third-order valence-electron chi connectivity index (χ3n) is 2.46. The van der Waals surface area contributed by atoms with Crippen molar-refractivity contribution in [2.75, 3.05) is 17.2 Å². The topological polar surface area (TPSA) is 62.7 Å². The maximum absolute atomic E-state index is 13.6. The molecule has 8 heteroatoms. The highest BCUT2D eigenvalue weighted by Crippen LogP contribution is 2.26. The van der Waals surface area contributed by atoms with E-state index in [0.29, 0.717) is 22.7 Å². The van der Waals surface area contributed by atoms with Crippen LogP contribution in [0.25, 0.3) is 0 Å². The molecule has 0 saturated carbocycles. The van der Waals surface area contributed by atoms with Gasteiger partial charge in [0.15, 0.2) is 0 Å². The number of nitrogens with one attached hydrogen (secondary N) is 2. The first-order valence-corrected chi connectivity index (χ1v) is 7.04. The van der Waals surface area contributed by atoms with Crippen molar-refractivity contribution in [2.24, 2.45) is 0 Å². The van der Waals surface area contributed by atoms with E-state index in [1.807, 2.05) is 13.8 Å². The average molecular weight is 361 g/mol. The van der Waals surface area contributed by atoms with Gasteiger partial charge in [-0.2, -0.15) is 15.0 Å². The van der Waals surface area contributed by atoms with E-state index in [0.717, 1.165) is 5.56 Å². The van der Waals surface area contributed by atoms with Gasteiger partial charge in [0.05, 0.1) is 4.47 Å². The molecule has 2 aromatic rings. The van der Waals surface area contributed by atoms with E-state index in [1.165, 1.54) is 6.07 Å². The Morgan fingerprint density at radius 1 is 1.25 bits per heavy atom. The van der Waals surface area contributed by atoms with Crippen LogP contribution in [0.5, 0.6) is 0 Å². The third-order valence-corrected chi connectivity index (χ3v) is 3.23. The lowest BCUT2D eigenvalue weighted by Crippen LogP contribution is -2.07. The molecule has 0 saturated heterocycles. The second-order valence-corrected chi connectivity index (χ2v) is 5.18. The summed E-state index contributed by atoms with van der Waals surface area (Å²) in [5.41, 5.74) is 1.41. The van der Waals surface area contributed by atoms with E-state index >= 15 is 0 Å². The number of hydrogen-bond acceptors (Lipinski definition) is 5. The summed E-state index contributed by atoms with van der Waals surface area (Å²) in [7, 11) is 0. The Labute approximate surface area is 129 Å². The second-order valence-electron chi connectivity index (χ2n) is 3.99. The average Bonchev–Trinajstić information content (AvgIpc) is 2.35. The van der Waals surface area contributed by atoms with Crippen LogP contribution in [0.15, 0.2) is 16.6 Å². The zero-order chi connectivity index (χ0) is 14.7. The molecular weight excluding hydrogens is 349 g/mol. The molecule has 0 bridgehead atoms. The monoisotopic (exact) mass is 359 g/mol. The minimum atomic E-state index is -0.370. The van der Waals surface area contributed by atoms with Crippen LogP contribution in [0.2, 0.25) is 5.28 Å². The number of aryl methyl sites for hydroxylation is 1. The first-order valence-electron chi connectivity index (χ1n) is 5.87. The summed E-state index contributed by atoms with van der Waals surface area (Å²) in [5.74, 6) is 0.251. The van der Waals surface area contributed by atoms with Gasteiger partial charge in [-0.1, -0.05) is 0 Å². The smallest absolute Gasteiger partial charge is 0.233 e. The maximum atomic E-state index is 13.6. The normalized spacial score (nSPS) is 10.4. The molecule has 1 aromatic carbocycles. The van der Waals surface area contributed by atoms with Gasteiger partial charge in [-0.3, -0.25) is 0 Å². The molecule has 0 spiro atoms. The Balaban J connectivity index is 2.32. The van der Waals surface area contributed by atoms with Gasteiger partial charge in [-0.05, 0) is 59.1 Å². The summed E-state index contributed by atoms with van der Waals surface area (Å²) >= 11 is 8.96. The van der Waals surface area contributed by atoms with Crippen molar-refractivity contribution in [1.29, 1.82) is 0 Å². The Bertz CT molecular complexity index is 637. The van der Waals surface area contributed by atoms with Gasteiger partial charge < -0.3 is 10.6 Å². The van der Waals surface area contributed by atoms with Crippen molar-refractivity contribution in [2.45, 2.75) is 13.8 Å². The van der Waals surface area contributed by atoms with Gasteiger partial charge in [0.1, 0.15) is 5.82 Å². The fourth-order valence-corrected chi connectivity index (χ4v) is 2.16. The molecule has 0 unspecified atom stereocenters. The zero-order valence-electron chi connectivity index (χ0n) is 10.8. The predicted octanol–water partition coefficient (Wildman–Crippen LogP) is 3.91. The van der Waals surface area contributed by atoms with Crippen LogP contribution < -0.4 is 10.6 Å². The van der Waals surface area contributed by atoms with Crippen LogP contribution in [0, 0.1) is 12.7 Å². The van der Waals surface area contributed by atoms with E-state index in [4.69, 9.17) is 11.6 Å². The van der Waals surface area contributed by atoms with Crippen LogP contribution in [-0.2, 0) is 0 Å². The lowest BCUT2D eigenvalue weighted by atomic mass is 10.2. The van der Waals surface area contributed by atoms with Gasteiger partial charge in [0.2, 0.25) is 17.2 Å². The van der Waals surface area contributed by atoms with Crippen LogP contribution in [-0.4, -0.2) is 21.5 Å². The lowest BCUT2D eigenvalue weighted by Gasteiger charge is -2.10. The van der Waals surface area contributed by atoms with Crippen molar-refractivity contribution >= 4 is 45.1 Å². The molecule has 0 aliphatic carbocycles. The SMILES string of the molecule is CCNc1nc(Cl)nc(Nc2cc(F)c(Br)cc2C)n1. The first kappa shape index (κ1) is 14.9. The van der Waals surface area contributed by atoms with Gasteiger partial charge in [0.25, 0.3) is 0 Å². The molecule has 0 atom stereocenters. The van der Waals surface area contributed by atoms with Crippen LogP contribution in [0.4, 0.5) is 22.0 Å². The van der Waals surface area contributed by atoms with Crippen LogP contribution >= 0.6 is 27.5 Å². The van der Waals surface area contributed by atoms with E-state index < -0.39 is 0 Å². The molecule has 0 aliphatic heterocycles. The number of halogens is 3. The number of hydrogen-bond donors (Lipinski definition) is 2. The molecular formula is C12H12BrClFN5. The molecule has 0 radical (unpaired) electrons. The van der Waals surface area contributed by atoms with E-state index in [1.54, 1.807) is 6.07 Å². The molecule has 1 aromatic heterocycles. The molecule has 1 heterocycles. The number of benzene rings is 1. The second kappa shape index (κ2) is 6.32.